The summed E-state index contributed by atoms with van der Waals surface area (Å²) in [6, 6.07) is -0.621. The first-order valence-corrected chi connectivity index (χ1v) is 12.1. The number of hydrogen-bond donors (Lipinski definition) is 1. The van der Waals surface area contributed by atoms with Crippen molar-refractivity contribution in [1.29, 1.82) is 0 Å². The second kappa shape index (κ2) is 11.3. The van der Waals surface area contributed by atoms with Crippen LogP contribution in [0.25, 0.3) is 0 Å². The number of ketones is 1. The van der Waals surface area contributed by atoms with Crippen LogP contribution < -0.4 is 5.32 Å². The van der Waals surface area contributed by atoms with Crippen LogP contribution in [-0.4, -0.2) is 57.7 Å². The first kappa shape index (κ1) is 24.9. The number of nitrogens with one attached hydrogen (secondary N) is 1. The average molecular weight is 439 g/mol. The summed E-state index contributed by atoms with van der Waals surface area (Å²) in [5.74, 6) is 0.727. The zero-order valence-corrected chi connectivity index (χ0v) is 20.2. The molecule has 1 atom stereocenters. The van der Waals surface area contributed by atoms with Gasteiger partial charge in [0.05, 0.1) is 6.04 Å². The van der Waals surface area contributed by atoms with E-state index in [0.717, 1.165) is 38.0 Å². The Balaban J connectivity index is 1.96. The van der Waals surface area contributed by atoms with Gasteiger partial charge in [0.15, 0.2) is 0 Å². The molecular weight excluding hydrogens is 400 g/mol. The fraction of sp³-hybridized carbons (Fsp3) is 0.818. The molecule has 1 aromatic heterocycles. The van der Waals surface area contributed by atoms with E-state index in [-0.39, 0.29) is 35.0 Å². The number of aromatic nitrogens is 2. The van der Waals surface area contributed by atoms with E-state index in [2.05, 4.69) is 48.2 Å². The number of thioether (sulfide) groups is 1. The fourth-order valence-corrected chi connectivity index (χ4v) is 4.26. The van der Waals surface area contributed by atoms with Crippen molar-refractivity contribution >= 4 is 23.5 Å². The lowest BCUT2D eigenvalue weighted by Crippen LogP contribution is -2.45. The van der Waals surface area contributed by atoms with Crippen LogP contribution >= 0.6 is 11.8 Å². The van der Waals surface area contributed by atoms with Crippen molar-refractivity contribution in [2.45, 2.75) is 89.9 Å². The van der Waals surface area contributed by atoms with Gasteiger partial charge in [-0.25, -0.2) is 0 Å². The smallest absolute Gasteiger partial charge is 0.286 e. The molecule has 0 aromatic carbocycles. The van der Waals surface area contributed by atoms with Gasteiger partial charge in [-0.1, -0.05) is 44.9 Å². The summed E-state index contributed by atoms with van der Waals surface area (Å²) < 4.78 is 5.62. The maximum absolute atomic E-state index is 13.0. The lowest BCUT2D eigenvalue weighted by atomic mass is 9.88. The quantitative estimate of drug-likeness (QED) is 0.433. The molecule has 1 heterocycles. The third-order valence-corrected chi connectivity index (χ3v) is 6.53. The van der Waals surface area contributed by atoms with Crippen LogP contribution in [-0.2, 0) is 4.79 Å². The van der Waals surface area contributed by atoms with Crippen molar-refractivity contribution in [3.8, 4) is 0 Å². The fourth-order valence-electron chi connectivity index (χ4n) is 3.48. The Morgan fingerprint density at radius 2 is 1.87 bits per heavy atom. The summed E-state index contributed by atoms with van der Waals surface area (Å²) in [7, 11) is 2.08. The van der Waals surface area contributed by atoms with Crippen molar-refractivity contribution in [2.75, 3.05) is 19.3 Å². The molecule has 0 spiro atoms. The number of carbonyl (C=O) groups excluding carboxylic acids is 2. The summed E-state index contributed by atoms with van der Waals surface area (Å²) in [6.07, 6.45) is 5.70. The Kier molecular flexibility index (Phi) is 9.34. The highest BCUT2D eigenvalue weighted by Gasteiger charge is 2.30. The maximum Gasteiger partial charge on any atom is 0.286 e. The Morgan fingerprint density at radius 1 is 1.20 bits per heavy atom. The first-order valence-electron chi connectivity index (χ1n) is 11.1. The highest BCUT2D eigenvalue weighted by atomic mass is 32.2. The normalized spacial score (nSPS) is 16.8. The van der Waals surface area contributed by atoms with E-state index in [1.165, 1.54) is 18.2 Å². The minimum atomic E-state index is -0.621. The molecule has 7 nitrogen and oxygen atoms in total. The van der Waals surface area contributed by atoms with Crippen LogP contribution in [0.1, 0.15) is 83.8 Å². The van der Waals surface area contributed by atoms with Crippen LogP contribution in [0.2, 0.25) is 0 Å². The van der Waals surface area contributed by atoms with Crippen LogP contribution in [0.4, 0.5) is 0 Å². The van der Waals surface area contributed by atoms with Crippen LogP contribution in [0.3, 0.4) is 0 Å². The van der Waals surface area contributed by atoms with Gasteiger partial charge in [-0.15, -0.1) is 10.2 Å². The number of amides is 1. The van der Waals surface area contributed by atoms with Crippen molar-refractivity contribution < 1.29 is 14.0 Å². The Hall–Kier alpha value is -1.41. The van der Waals surface area contributed by atoms with E-state index >= 15 is 0 Å². The van der Waals surface area contributed by atoms with E-state index in [0.29, 0.717) is 11.6 Å². The maximum atomic E-state index is 13.0. The highest BCUT2D eigenvalue weighted by molar-refractivity contribution is 7.99. The zero-order valence-electron chi connectivity index (χ0n) is 19.4. The molecule has 0 radical (unpaired) electrons. The van der Waals surface area contributed by atoms with Gasteiger partial charge in [-0.2, -0.15) is 0 Å². The first-order chi connectivity index (χ1) is 14.1. The largest absolute Gasteiger partial charge is 0.408 e. The van der Waals surface area contributed by atoms with E-state index < -0.39 is 6.04 Å². The number of carbonyl (C=O) groups is 2. The van der Waals surface area contributed by atoms with Gasteiger partial charge in [0.25, 0.3) is 11.1 Å². The van der Waals surface area contributed by atoms with Gasteiger partial charge in [0.1, 0.15) is 0 Å². The molecule has 1 N–H and O–H groups in total. The predicted molar refractivity (Wildman–Crippen MR) is 120 cm³/mol. The minimum Gasteiger partial charge on any atom is -0.408 e. The summed E-state index contributed by atoms with van der Waals surface area (Å²) >= 11 is 1.44. The third-order valence-electron chi connectivity index (χ3n) is 5.73. The molecule has 0 saturated heterocycles. The van der Waals surface area contributed by atoms with E-state index in [9.17, 15) is 9.59 Å². The summed E-state index contributed by atoms with van der Waals surface area (Å²) in [5.41, 5.74) is 0.0944. The minimum absolute atomic E-state index is 0.00909. The molecule has 2 rings (SSSR count). The van der Waals surface area contributed by atoms with Gasteiger partial charge in [-0.05, 0) is 53.0 Å². The van der Waals surface area contributed by atoms with Gasteiger partial charge in [0, 0.05) is 23.8 Å². The molecule has 1 saturated carbocycles. The van der Waals surface area contributed by atoms with Crippen molar-refractivity contribution in [3.05, 3.63) is 5.89 Å². The molecule has 1 amide bonds. The Morgan fingerprint density at radius 3 is 2.47 bits per heavy atom. The summed E-state index contributed by atoms with van der Waals surface area (Å²) in [4.78, 5) is 27.9. The van der Waals surface area contributed by atoms with Crippen molar-refractivity contribution in [2.24, 2.45) is 11.8 Å². The molecule has 1 unspecified atom stereocenters. The highest BCUT2D eigenvalue weighted by Crippen LogP contribution is 2.25. The van der Waals surface area contributed by atoms with Crippen LogP contribution in [0.5, 0.6) is 0 Å². The Bertz CT molecular complexity index is 693. The van der Waals surface area contributed by atoms with E-state index in [4.69, 9.17) is 4.42 Å². The van der Waals surface area contributed by atoms with Gasteiger partial charge in [-0.3, -0.25) is 9.59 Å². The molecule has 1 fully saturated rings. The predicted octanol–water partition coefficient (Wildman–Crippen LogP) is 4.19. The molecule has 8 heteroatoms. The lowest BCUT2D eigenvalue weighted by molar-refractivity contribution is -0.126. The number of nitrogens with zero attached hydrogens (tertiary/aromatic N) is 3. The third kappa shape index (κ3) is 7.69. The molecule has 1 aliphatic carbocycles. The molecular formula is C22H38N4O3S. The van der Waals surface area contributed by atoms with E-state index in [1.807, 2.05) is 13.8 Å². The SMILES string of the molecule is CC(C)CC(NC(=O)C1CCCCC1)C(=O)c1nnc(SCCN(C)C(C)(C)C)o1. The Labute approximate surface area is 185 Å². The molecule has 1 aromatic rings. The van der Waals surface area contributed by atoms with Gasteiger partial charge >= 0.3 is 0 Å². The topological polar surface area (TPSA) is 88.3 Å². The second-order valence-corrected chi connectivity index (χ2v) is 10.8. The second-order valence-electron chi connectivity index (χ2n) is 9.70. The summed E-state index contributed by atoms with van der Waals surface area (Å²) in [6.45, 7) is 11.4. The number of rotatable bonds is 10. The van der Waals surface area contributed by atoms with Crippen LogP contribution in [0, 0.1) is 11.8 Å². The molecule has 1 aliphatic rings. The van der Waals surface area contributed by atoms with Gasteiger partial charge < -0.3 is 14.6 Å². The zero-order chi connectivity index (χ0) is 22.3. The molecule has 0 aliphatic heterocycles. The summed E-state index contributed by atoms with van der Waals surface area (Å²) in [5, 5.41) is 11.3. The number of Topliss-reactive ketones (excluding diaryl/α,β-unsaturated/α-hetero) is 1. The lowest BCUT2D eigenvalue weighted by Gasteiger charge is -2.31. The standard InChI is InChI=1S/C22H38N4O3S/c1-15(2)14-17(23-19(28)16-10-8-7-9-11-16)18(27)20-24-25-21(29-20)30-13-12-26(6)22(3,4)5/h15-17H,7-14H2,1-6H3,(H,23,28). The van der Waals surface area contributed by atoms with E-state index in [1.54, 1.807) is 0 Å². The monoisotopic (exact) mass is 438 g/mol. The number of hydrogen-bond acceptors (Lipinski definition) is 7. The van der Waals surface area contributed by atoms with Crippen LogP contribution in [0.15, 0.2) is 9.64 Å². The molecule has 30 heavy (non-hydrogen) atoms. The molecule has 0 bridgehead atoms. The average Bonchev–Trinajstić information content (AvgIpc) is 3.15. The molecule has 170 valence electrons. The van der Waals surface area contributed by atoms with Crippen molar-refractivity contribution in [3.63, 3.8) is 0 Å². The van der Waals surface area contributed by atoms with Crippen molar-refractivity contribution in [1.82, 2.24) is 20.4 Å². The van der Waals surface area contributed by atoms with Gasteiger partial charge in [0.2, 0.25) is 11.7 Å².